The first-order valence-electron chi connectivity index (χ1n) is 7.60. The van der Waals surface area contributed by atoms with Crippen molar-refractivity contribution >= 4 is 11.6 Å². The van der Waals surface area contributed by atoms with Crippen LogP contribution < -0.4 is 5.73 Å². The zero-order valence-electron chi connectivity index (χ0n) is 14.3. The topological polar surface area (TPSA) is 60.9 Å². The third-order valence-corrected chi connectivity index (χ3v) is 2.19. The molecule has 2 N–H and O–H groups in total. The lowest BCUT2D eigenvalue weighted by molar-refractivity contribution is 0.101. The molecular weight excluding hydrogens is 262 g/mol. The Balaban J connectivity index is 0. The molecule has 0 aliphatic rings. The molecule has 4 heteroatoms. The second kappa shape index (κ2) is 12.9. The number of nitrogen functional groups attached to an aromatic ring is 1. The molecule has 0 bridgehead atoms. The van der Waals surface area contributed by atoms with Crippen molar-refractivity contribution < 1.29 is 4.79 Å². The van der Waals surface area contributed by atoms with E-state index in [9.17, 15) is 4.79 Å². The fourth-order valence-electron chi connectivity index (χ4n) is 1.40. The summed E-state index contributed by atoms with van der Waals surface area (Å²) in [6, 6.07) is 9.46. The quantitative estimate of drug-likeness (QED) is 0.813. The van der Waals surface area contributed by atoms with Crippen molar-refractivity contribution in [2.75, 3.05) is 5.73 Å². The van der Waals surface area contributed by atoms with Crippen LogP contribution in [0, 0.1) is 0 Å². The Hall–Kier alpha value is -2.10. The smallest absolute Gasteiger partial charge is 0.165 e. The second-order valence-corrected chi connectivity index (χ2v) is 3.25. The predicted octanol–water partition coefficient (Wildman–Crippen LogP) is 4.74. The minimum Gasteiger partial charge on any atom is -0.383 e. The van der Waals surface area contributed by atoms with Gasteiger partial charge in [-0.3, -0.25) is 4.79 Å². The van der Waals surface area contributed by atoms with Crippen molar-refractivity contribution in [3.8, 4) is 5.69 Å². The van der Waals surface area contributed by atoms with E-state index in [1.165, 1.54) is 13.1 Å². The third kappa shape index (κ3) is 6.25. The average molecular weight is 291 g/mol. The Morgan fingerprint density at radius 3 is 1.86 bits per heavy atom. The molecule has 0 radical (unpaired) electrons. The SMILES string of the molecule is CC.CC.CC.CC(=O)c1cnn(-c2ccccc2)c1N. The van der Waals surface area contributed by atoms with Gasteiger partial charge in [0.2, 0.25) is 0 Å². The summed E-state index contributed by atoms with van der Waals surface area (Å²) in [5, 5.41) is 4.08. The van der Waals surface area contributed by atoms with E-state index in [2.05, 4.69) is 5.10 Å². The normalized spacial score (nSPS) is 8.14. The van der Waals surface area contributed by atoms with Crippen molar-refractivity contribution in [3.05, 3.63) is 42.1 Å². The van der Waals surface area contributed by atoms with Crippen LogP contribution in [0.25, 0.3) is 5.69 Å². The van der Waals surface area contributed by atoms with E-state index in [0.29, 0.717) is 11.4 Å². The van der Waals surface area contributed by atoms with Crippen LogP contribution in [-0.4, -0.2) is 15.6 Å². The number of para-hydroxylation sites is 1. The summed E-state index contributed by atoms with van der Waals surface area (Å²) in [5.41, 5.74) is 7.12. The van der Waals surface area contributed by atoms with E-state index in [0.717, 1.165) is 5.69 Å². The van der Waals surface area contributed by atoms with E-state index in [1.807, 2.05) is 71.9 Å². The fourth-order valence-corrected chi connectivity index (χ4v) is 1.40. The molecule has 118 valence electrons. The van der Waals surface area contributed by atoms with Crippen LogP contribution in [0.2, 0.25) is 0 Å². The zero-order chi connectivity index (χ0) is 16.8. The first-order chi connectivity index (χ1) is 10.2. The predicted molar refractivity (Wildman–Crippen MR) is 92.0 cm³/mol. The molecule has 4 nitrogen and oxygen atoms in total. The standard InChI is InChI=1S/C11H11N3O.3C2H6/c1-8(15)10-7-13-14(11(10)12)9-5-3-2-4-6-9;3*1-2/h2-7H,12H2,1H3;3*1-2H3. The molecular formula is C17H29N3O. The maximum atomic E-state index is 11.2. The van der Waals surface area contributed by atoms with E-state index in [4.69, 9.17) is 5.73 Å². The molecule has 0 saturated carbocycles. The highest BCUT2D eigenvalue weighted by Crippen LogP contribution is 2.16. The summed E-state index contributed by atoms with van der Waals surface area (Å²) in [7, 11) is 0. The summed E-state index contributed by atoms with van der Waals surface area (Å²) in [5.74, 6) is 0.309. The van der Waals surface area contributed by atoms with Gasteiger partial charge in [-0.25, -0.2) is 4.68 Å². The van der Waals surface area contributed by atoms with Gasteiger partial charge in [-0.2, -0.15) is 5.10 Å². The molecule has 2 rings (SSSR count). The van der Waals surface area contributed by atoms with Crippen molar-refractivity contribution in [2.45, 2.75) is 48.5 Å². The van der Waals surface area contributed by atoms with E-state index in [-0.39, 0.29) is 5.78 Å². The molecule has 1 aromatic carbocycles. The van der Waals surface area contributed by atoms with Crippen LogP contribution in [0.4, 0.5) is 5.82 Å². The molecule has 0 fully saturated rings. The number of aromatic nitrogens is 2. The van der Waals surface area contributed by atoms with E-state index < -0.39 is 0 Å². The summed E-state index contributed by atoms with van der Waals surface area (Å²) in [6.07, 6.45) is 1.49. The molecule has 1 heterocycles. The number of benzene rings is 1. The average Bonchev–Trinajstić information content (AvgIpc) is 2.96. The molecule has 0 spiro atoms. The largest absolute Gasteiger partial charge is 0.383 e. The number of hydrogen-bond donors (Lipinski definition) is 1. The highest BCUT2D eigenvalue weighted by atomic mass is 16.1. The van der Waals surface area contributed by atoms with Gasteiger partial charge in [0.25, 0.3) is 0 Å². The highest BCUT2D eigenvalue weighted by Gasteiger charge is 2.11. The zero-order valence-corrected chi connectivity index (χ0v) is 14.3. The highest BCUT2D eigenvalue weighted by molar-refractivity contribution is 5.98. The lowest BCUT2D eigenvalue weighted by Crippen LogP contribution is -2.04. The van der Waals surface area contributed by atoms with Crippen molar-refractivity contribution in [3.63, 3.8) is 0 Å². The molecule has 1 aromatic heterocycles. The maximum Gasteiger partial charge on any atom is 0.165 e. The number of carbonyl (C=O) groups excluding carboxylic acids is 1. The maximum absolute atomic E-state index is 11.2. The Labute approximate surface area is 129 Å². The van der Waals surface area contributed by atoms with Crippen molar-refractivity contribution in [1.82, 2.24) is 9.78 Å². The lowest BCUT2D eigenvalue weighted by atomic mass is 10.2. The van der Waals surface area contributed by atoms with Crippen molar-refractivity contribution in [2.24, 2.45) is 0 Å². The monoisotopic (exact) mass is 291 g/mol. The number of nitrogens with two attached hydrogens (primary N) is 1. The molecule has 0 aliphatic heterocycles. The summed E-state index contributed by atoms with van der Waals surface area (Å²) < 4.78 is 1.55. The van der Waals surface area contributed by atoms with Crippen LogP contribution >= 0.6 is 0 Å². The number of hydrogen-bond acceptors (Lipinski definition) is 3. The van der Waals surface area contributed by atoms with Gasteiger partial charge in [-0.05, 0) is 19.1 Å². The number of Topliss-reactive ketones (excluding diaryl/α,β-unsaturated/α-hetero) is 1. The first-order valence-corrected chi connectivity index (χ1v) is 7.60. The van der Waals surface area contributed by atoms with Crippen LogP contribution in [0.1, 0.15) is 58.8 Å². The Morgan fingerprint density at radius 1 is 1.00 bits per heavy atom. The molecule has 21 heavy (non-hydrogen) atoms. The fraction of sp³-hybridized carbons (Fsp3) is 0.412. The van der Waals surface area contributed by atoms with Gasteiger partial charge in [0.05, 0.1) is 17.4 Å². The minimum atomic E-state index is -0.0744. The minimum absolute atomic E-state index is 0.0744. The van der Waals surface area contributed by atoms with Crippen molar-refractivity contribution in [1.29, 1.82) is 0 Å². The van der Waals surface area contributed by atoms with E-state index >= 15 is 0 Å². The van der Waals surface area contributed by atoms with Crippen LogP contribution in [0.3, 0.4) is 0 Å². The van der Waals surface area contributed by atoms with Gasteiger partial charge >= 0.3 is 0 Å². The van der Waals surface area contributed by atoms with Crippen LogP contribution in [0.15, 0.2) is 36.5 Å². The number of carbonyl (C=O) groups is 1. The Kier molecular flexibility index (Phi) is 13.0. The van der Waals surface area contributed by atoms with Gasteiger partial charge in [-0.1, -0.05) is 59.7 Å². The van der Waals surface area contributed by atoms with Crippen LogP contribution in [-0.2, 0) is 0 Å². The van der Waals surface area contributed by atoms with Gasteiger partial charge in [-0.15, -0.1) is 0 Å². The molecule has 0 aliphatic carbocycles. The summed E-state index contributed by atoms with van der Waals surface area (Å²) in [4.78, 5) is 11.2. The Bertz CT molecular complexity index is 490. The van der Waals surface area contributed by atoms with Gasteiger partial charge in [0.1, 0.15) is 5.82 Å². The molecule has 0 amide bonds. The Morgan fingerprint density at radius 2 is 1.48 bits per heavy atom. The third-order valence-electron chi connectivity index (χ3n) is 2.19. The first kappa shape index (κ1) is 21.2. The van der Waals surface area contributed by atoms with Gasteiger partial charge in [0.15, 0.2) is 5.78 Å². The molecule has 0 saturated heterocycles. The summed E-state index contributed by atoms with van der Waals surface area (Å²) in [6.45, 7) is 13.5. The number of rotatable bonds is 2. The summed E-state index contributed by atoms with van der Waals surface area (Å²) >= 11 is 0. The van der Waals surface area contributed by atoms with Gasteiger partial charge < -0.3 is 5.73 Å². The lowest BCUT2D eigenvalue weighted by Gasteiger charge is -2.03. The van der Waals surface area contributed by atoms with Crippen LogP contribution in [0.5, 0.6) is 0 Å². The number of ketones is 1. The number of anilines is 1. The molecule has 0 atom stereocenters. The number of nitrogens with zero attached hydrogens (tertiary/aromatic N) is 2. The second-order valence-electron chi connectivity index (χ2n) is 3.25. The molecule has 2 aromatic rings. The van der Waals surface area contributed by atoms with Gasteiger partial charge in [0, 0.05) is 0 Å². The molecule has 0 unspecified atom stereocenters. The van der Waals surface area contributed by atoms with E-state index in [1.54, 1.807) is 4.68 Å².